The van der Waals surface area contributed by atoms with E-state index in [4.69, 9.17) is 5.26 Å². The zero-order chi connectivity index (χ0) is 15.0. The molecule has 0 aromatic heterocycles. The zero-order valence-electron chi connectivity index (χ0n) is 12.6. The maximum atomic E-state index is 11.8. The van der Waals surface area contributed by atoms with Gasteiger partial charge in [-0.15, -0.1) is 0 Å². The van der Waals surface area contributed by atoms with Gasteiger partial charge in [0.25, 0.3) is 5.91 Å². The second-order valence-electron chi connectivity index (χ2n) is 5.92. The molecular formula is C14H25N5O. The average molecular weight is 279 g/mol. The first kappa shape index (κ1) is 16.5. The predicted molar refractivity (Wildman–Crippen MR) is 78.9 cm³/mol. The summed E-state index contributed by atoms with van der Waals surface area (Å²) in [5.74, 6) is -0.338. The van der Waals surface area contributed by atoms with Crippen LogP contribution in [0.15, 0.2) is 11.8 Å². The molecule has 0 radical (unpaired) electrons. The number of amides is 1. The number of carbonyl (C=O) groups excluding carboxylic acids is 1. The van der Waals surface area contributed by atoms with E-state index in [0.29, 0.717) is 0 Å². The molecule has 20 heavy (non-hydrogen) atoms. The highest BCUT2D eigenvalue weighted by molar-refractivity contribution is 5.97. The SMILES string of the molecule is CC(C)(C)NC(=O)/C(C#N)=C\NCCN1CCNCC1. The molecular weight excluding hydrogens is 254 g/mol. The number of hydrogen-bond acceptors (Lipinski definition) is 5. The highest BCUT2D eigenvalue weighted by Crippen LogP contribution is 2.01. The van der Waals surface area contributed by atoms with Crippen LogP contribution in [-0.2, 0) is 4.79 Å². The lowest BCUT2D eigenvalue weighted by atomic mass is 10.1. The number of hydrogen-bond donors (Lipinski definition) is 3. The second-order valence-corrected chi connectivity index (χ2v) is 5.92. The van der Waals surface area contributed by atoms with Crippen LogP contribution in [0.3, 0.4) is 0 Å². The van der Waals surface area contributed by atoms with Gasteiger partial charge in [0.2, 0.25) is 0 Å². The standard InChI is InChI=1S/C14H25N5O/c1-14(2,3)18-13(20)12(10-15)11-17-6-9-19-7-4-16-5-8-19/h11,16-17H,4-9H2,1-3H3,(H,18,20)/b12-11-. The van der Waals surface area contributed by atoms with Crippen molar-refractivity contribution >= 4 is 5.91 Å². The zero-order valence-corrected chi connectivity index (χ0v) is 12.6. The minimum Gasteiger partial charge on any atom is -0.388 e. The predicted octanol–water partition coefficient (Wildman–Crippen LogP) is -0.197. The fraction of sp³-hybridized carbons (Fsp3) is 0.714. The Kier molecular flexibility index (Phi) is 6.49. The number of piperazine rings is 1. The number of nitrogens with zero attached hydrogens (tertiary/aromatic N) is 2. The maximum absolute atomic E-state index is 11.8. The lowest BCUT2D eigenvalue weighted by Gasteiger charge is -2.26. The highest BCUT2D eigenvalue weighted by Gasteiger charge is 2.17. The lowest BCUT2D eigenvalue weighted by Crippen LogP contribution is -2.45. The van der Waals surface area contributed by atoms with E-state index in [1.807, 2.05) is 26.8 Å². The number of carbonyl (C=O) groups is 1. The normalized spacial score (nSPS) is 17.4. The molecule has 0 aliphatic carbocycles. The van der Waals surface area contributed by atoms with Gasteiger partial charge in [0.15, 0.2) is 0 Å². The molecule has 0 aromatic rings. The molecule has 1 saturated heterocycles. The van der Waals surface area contributed by atoms with Gasteiger partial charge >= 0.3 is 0 Å². The molecule has 1 aliphatic rings. The van der Waals surface area contributed by atoms with Gasteiger partial charge in [-0.05, 0) is 20.8 Å². The molecule has 1 amide bonds. The molecule has 112 valence electrons. The van der Waals surface area contributed by atoms with E-state index in [1.165, 1.54) is 6.20 Å². The van der Waals surface area contributed by atoms with Crippen LogP contribution in [0.1, 0.15) is 20.8 Å². The van der Waals surface area contributed by atoms with Gasteiger partial charge in [-0.2, -0.15) is 5.26 Å². The average Bonchev–Trinajstić information content (AvgIpc) is 2.38. The Morgan fingerprint density at radius 3 is 2.60 bits per heavy atom. The molecule has 0 atom stereocenters. The van der Waals surface area contributed by atoms with Crippen molar-refractivity contribution in [1.29, 1.82) is 5.26 Å². The van der Waals surface area contributed by atoms with Gasteiger partial charge in [-0.3, -0.25) is 9.69 Å². The van der Waals surface area contributed by atoms with Gasteiger partial charge in [0.05, 0.1) is 0 Å². The van der Waals surface area contributed by atoms with E-state index in [9.17, 15) is 4.79 Å². The van der Waals surface area contributed by atoms with Crippen molar-refractivity contribution in [1.82, 2.24) is 20.9 Å². The molecule has 0 aromatic carbocycles. The molecule has 6 nitrogen and oxygen atoms in total. The molecule has 1 heterocycles. The Labute approximate surface area is 121 Å². The quantitative estimate of drug-likeness (QED) is 0.369. The second kappa shape index (κ2) is 7.88. The molecule has 0 unspecified atom stereocenters. The van der Waals surface area contributed by atoms with Crippen molar-refractivity contribution in [3.63, 3.8) is 0 Å². The van der Waals surface area contributed by atoms with Crippen LogP contribution in [-0.4, -0.2) is 55.6 Å². The fourth-order valence-corrected chi connectivity index (χ4v) is 1.89. The fourth-order valence-electron chi connectivity index (χ4n) is 1.89. The number of rotatable bonds is 5. The summed E-state index contributed by atoms with van der Waals surface area (Å²) in [6, 6.07) is 1.93. The van der Waals surface area contributed by atoms with E-state index < -0.39 is 0 Å². The van der Waals surface area contributed by atoms with Gasteiger partial charge in [-0.1, -0.05) is 0 Å². The Hall–Kier alpha value is -1.58. The molecule has 0 bridgehead atoms. The monoisotopic (exact) mass is 279 g/mol. The molecule has 0 saturated carbocycles. The van der Waals surface area contributed by atoms with E-state index in [1.54, 1.807) is 0 Å². The largest absolute Gasteiger partial charge is 0.388 e. The summed E-state index contributed by atoms with van der Waals surface area (Å²) in [6.07, 6.45) is 1.50. The Morgan fingerprint density at radius 1 is 1.40 bits per heavy atom. The third-order valence-corrected chi connectivity index (χ3v) is 2.88. The Bertz CT molecular complexity index is 385. The van der Waals surface area contributed by atoms with Crippen LogP contribution >= 0.6 is 0 Å². The molecule has 1 aliphatic heterocycles. The summed E-state index contributed by atoms with van der Waals surface area (Å²) in [4.78, 5) is 14.2. The lowest BCUT2D eigenvalue weighted by molar-refractivity contribution is -0.118. The maximum Gasteiger partial charge on any atom is 0.263 e. The molecule has 0 spiro atoms. The van der Waals surface area contributed by atoms with Crippen molar-refractivity contribution in [2.75, 3.05) is 39.3 Å². The van der Waals surface area contributed by atoms with Crippen LogP contribution in [0.2, 0.25) is 0 Å². The first-order chi connectivity index (χ1) is 9.42. The summed E-state index contributed by atoms with van der Waals surface area (Å²) in [5.41, 5.74) is -0.228. The minimum atomic E-state index is -0.339. The van der Waals surface area contributed by atoms with E-state index in [2.05, 4.69) is 20.9 Å². The molecule has 1 rings (SSSR count). The van der Waals surface area contributed by atoms with Crippen LogP contribution in [0.4, 0.5) is 0 Å². The van der Waals surface area contributed by atoms with E-state index in [-0.39, 0.29) is 17.0 Å². The van der Waals surface area contributed by atoms with Gasteiger partial charge < -0.3 is 16.0 Å². The summed E-state index contributed by atoms with van der Waals surface area (Å²) in [5, 5.41) is 18.1. The van der Waals surface area contributed by atoms with E-state index in [0.717, 1.165) is 39.3 Å². The minimum absolute atomic E-state index is 0.111. The summed E-state index contributed by atoms with van der Waals surface area (Å²) in [7, 11) is 0. The third-order valence-electron chi connectivity index (χ3n) is 2.88. The van der Waals surface area contributed by atoms with Crippen molar-refractivity contribution < 1.29 is 4.79 Å². The van der Waals surface area contributed by atoms with E-state index >= 15 is 0 Å². The van der Waals surface area contributed by atoms with Gasteiger partial charge in [0.1, 0.15) is 11.6 Å². The van der Waals surface area contributed by atoms with Crippen LogP contribution in [0.25, 0.3) is 0 Å². The smallest absolute Gasteiger partial charge is 0.263 e. The van der Waals surface area contributed by atoms with Crippen molar-refractivity contribution in [2.24, 2.45) is 0 Å². The molecule has 3 N–H and O–H groups in total. The Balaban J connectivity index is 2.34. The van der Waals surface area contributed by atoms with Crippen molar-refractivity contribution in [3.05, 3.63) is 11.8 Å². The van der Waals surface area contributed by atoms with Gasteiger partial charge in [0, 0.05) is 51.0 Å². The van der Waals surface area contributed by atoms with Crippen molar-refractivity contribution in [3.8, 4) is 6.07 Å². The number of nitrogens with one attached hydrogen (secondary N) is 3. The topological polar surface area (TPSA) is 80.2 Å². The van der Waals surface area contributed by atoms with Crippen molar-refractivity contribution in [2.45, 2.75) is 26.3 Å². The first-order valence-electron chi connectivity index (χ1n) is 7.01. The first-order valence-corrected chi connectivity index (χ1v) is 7.01. The van der Waals surface area contributed by atoms with Crippen LogP contribution < -0.4 is 16.0 Å². The summed E-state index contributed by atoms with van der Waals surface area (Å²) >= 11 is 0. The summed E-state index contributed by atoms with van der Waals surface area (Å²) < 4.78 is 0. The van der Waals surface area contributed by atoms with Gasteiger partial charge in [-0.25, -0.2) is 0 Å². The summed E-state index contributed by atoms with van der Waals surface area (Å²) in [6.45, 7) is 11.4. The van der Waals surface area contributed by atoms with Crippen LogP contribution in [0, 0.1) is 11.3 Å². The molecule has 1 fully saturated rings. The van der Waals surface area contributed by atoms with Crippen LogP contribution in [0.5, 0.6) is 0 Å². The third kappa shape index (κ3) is 6.55. The molecule has 6 heteroatoms. The Morgan fingerprint density at radius 2 is 2.05 bits per heavy atom. The highest BCUT2D eigenvalue weighted by atomic mass is 16.1. The number of nitriles is 1.